The molecule has 4 heteroatoms. The maximum Gasteiger partial charge on any atom is 0.235 e. The van der Waals surface area contributed by atoms with E-state index in [2.05, 4.69) is 0 Å². The third-order valence-corrected chi connectivity index (χ3v) is 4.94. The van der Waals surface area contributed by atoms with E-state index in [1.165, 1.54) is 4.90 Å². The second-order valence-corrected chi connectivity index (χ2v) is 5.92. The molecule has 0 bridgehead atoms. The van der Waals surface area contributed by atoms with Crippen LogP contribution >= 0.6 is 0 Å². The summed E-state index contributed by atoms with van der Waals surface area (Å²) in [5.41, 5.74) is -0.427. The molecule has 1 saturated carbocycles. The molecular formula is C14H23NO3. The van der Waals surface area contributed by atoms with Gasteiger partial charge in [0.05, 0.1) is 5.41 Å². The van der Waals surface area contributed by atoms with E-state index < -0.39 is 5.41 Å². The molecule has 2 fully saturated rings. The van der Waals surface area contributed by atoms with Crippen molar-refractivity contribution in [1.82, 2.24) is 4.90 Å². The van der Waals surface area contributed by atoms with Crippen LogP contribution < -0.4 is 0 Å². The van der Waals surface area contributed by atoms with Gasteiger partial charge in [-0.3, -0.25) is 14.5 Å². The number of amides is 2. The van der Waals surface area contributed by atoms with Crippen molar-refractivity contribution in [2.24, 2.45) is 10.8 Å². The molecule has 0 spiro atoms. The number of imide groups is 1. The Balaban J connectivity index is 2.10. The van der Waals surface area contributed by atoms with E-state index >= 15 is 0 Å². The van der Waals surface area contributed by atoms with Gasteiger partial charge in [-0.2, -0.15) is 0 Å². The highest BCUT2D eigenvalue weighted by Crippen LogP contribution is 2.51. The SMILES string of the molecule is CCC1(CC)CC(=O)N(CC2(CCO)CC2)C1=O. The molecule has 102 valence electrons. The molecule has 0 atom stereocenters. The lowest BCUT2D eigenvalue weighted by Gasteiger charge is -2.26. The number of aliphatic hydroxyl groups excluding tert-OH is 1. The summed E-state index contributed by atoms with van der Waals surface area (Å²) in [4.78, 5) is 26.0. The third kappa shape index (κ3) is 2.07. The minimum atomic E-state index is -0.452. The van der Waals surface area contributed by atoms with Crippen LogP contribution in [0.3, 0.4) is 0 Å². The predicted octanol–water partition coefficient (Wildman–Crippen LogP) is 1.71. The molecule has 2 amide bonds. The lowest BCUT2D eigenvalue weighted by atomic mass is 9.81. The van der Waals surface area contributed by atoms with Crippen molar-refractivity contribution >= 4 is 11.8 Å². The Hall–Kier alpha value is -0.900. The van der Waals surface area contributed by atoms with Crippen molar-refractivity contribution in [2.45, 2.75) is 52.4 Å². The summed E-state index contributed by atoms with van der Waals surface area (Å²) in [6.07, 6.45) is 4.59. The van der Waals surface area contributed by atoms with Crippen LogP contribution in [-0.4, -0.2) is 35.0 Å². The Kier molecular flexibility index (Phi) is 3.49. The van der Waals surface area contributed by atoms with Gasteiger partial charge in [0.25, 0.3) is 0 Å². The number of hydrogen-bond donors (Lipinski definition) is 1. The first-order valence-electron chi connectivity index (χ1n) is 6.98. The van der Waals surface area contributed by atoms with Crippen molar-refractivity contribution in [3.05, 3.63) is 0 Å². The van der Waals surface area contributed by atoms with Gasteiger partial charge < -0.3 is 5.11 Å². The molecule has 0 radical (unpaired) electrons. The van der Waals surface area contributed by atoms with Crippen LogP contribution in [0.1, 0.15) is 52.4 Å². The second kappa shape index (κ2) is 4.65. The maximum atomic E-state index is 12.5. The van der Waals surface area contributed by atoms with Gasteiger partial charge in [-0.25, -0.2) is 0 Å². The molecule has 1 N–H and O–H groups in total. The van der Waals surface area contributed by atoms with E-state index in [-0.39, 0.29) is 23.8 Å². The topological polar surface area (TPSA) is 57.6 Å². The Morgan fingerprint density at radius 2 is 1.83 bits per heavy atom. The number of nitrogens with zero attached hydrogens (tertiary/aromatic N) is 1. The minimum absolute atomic E-state index is 0.0155. The van der Waals surface area contributed by atoms with Crippen LogP contribution in [0.5, 0.6) is 0 Å². The minimum Gasteiger partial charge on any atom is -0.396 e. The molecule has 0 aromatic heterocycles. The summed E-state index contributed by atoms with van der Waals surface area (Å²) < 4.78 is 0. The summed E-state index contributed by atoms with van der Waals surface area (Å²) in [7, 11) is 0. The summed E-state index contributed by atoms with van der Waals surface area (Å²) in [6, 6.07) is 0. The standard InChI is InChI=1S/C14H23NO3/c1-3-14(4-2)9-11(17)15(12(14)18)10-13(5-6-13)7-8-16/h16H,3-10H2,1-2H3. The smallest absolute Gasteiger partial charge is 0.235 e. The zero-order chi connectivity index (χ0) is 13.4. The fourth-order valence-corrected chi connectivity index (χ4v) is 3.06. The molecule has 18 heavy (non-hydrogen) atoms. The lowest BCUT2D eigenvalue weighted by molar-refractivity contribution is -0.142. The molecule has 1 aliphatic heterocycles. The first-order valence-corrected chi connectivity index (χ1v) is 6.98. The molecule has 0 unspecified atom stereocenters. The van der Waals surface area contributed by atoms with E-state index in [1.807, 2.05) is 13.8 Å². The van der Waals surface area contributed by atoms with E-state index in [4.69, 9.17) is 5.11 Å². The van der Waals surface area contributed by atoms with Gasteiger partial charge in [0.2, 0.25) is 11.8 Å². The van der Waals surface area contributed by atoms with Crippen molar-refractivity contribution < 1.29 is 14.7 Å². The predicted molar refractivity (Wildman–Crippen MR) is 67.7 cm³/mol. The zero-order valence-electron chi connectivity index (χ0n) is 11.4. The Morgan fingerprint density at radius 3 is 2.22 bits per heavy atom. The Morgan fingerprint density at radius 1 is 1.22 bits per heavy atom. The van der Waals surface area contributed by atoms with Crippen LogP contribution in [0, 0.1) is 10.8 Å². The molecule has 2 rings (SSSR count). The van der Waals surface area contributed by atoms with Crippen molar-refractivity contribution in [1.29, 1.82) is 0 Å². The summed E-state index contributed by atoms with van der Waals surface area (Å²) in [5, 5.41) is 9.05. The number of carbonyl (C=O) groups excluding carboxylic acids is 2. The number of likely N-dealkylation sites (tertiary alicyclic amines) is 1. The number of carbonyl (C=O) groups is 2. The van der Waals surface area contributed by atoms with Gasteiger partial charge >= 0.3 is 0 Å². The fourth-order valence-electron chi connectivity index (χ4n) is 3.06. The molecule has 1 heterocycles. The van der Waals surface area contributed by atoms with E-state index in [9.17, 15) is 9.59 Å². The van der Waals surface area contributed by atoms with Crippen LogP contribution in [0.2, 0.25) is 0 Å². The number of rotatable bonds is 6. The van der Waals surface area contributed by atoms with Gasteiger partial charge in [-0.05, 0) is 37.5 Å². The molecule has 0 aromatic rings. The van der Waals surface area contributed by atoms with Crippen molar-refractivity contribution in [3.63, 3.8) is 0 Å². The zero-order valence-corrected chi connectivity index (χ0v) is 11.4. The molecule has 2 aliphatic rings. The maximum absolute atomic E-state index is 12.5. The highest BCUT2D eigenvalue weighted by atomic mass is 16.3. The molecule has 0 aromatic carbocycles. The van der Waals surface area contributed by atoms with Gasteiger partial charge in [0.1, 0.15) is 0 Å². The van der Waals surface area contributed by atoms with Gasteiger partial charge in [-0.1, -0.05) is 13.8 Å². The average molecular weight is 253 g/mol. The van der Waals surface area contributed by atoms with Crippen LogP contribution in [0.25, 0.3) is 0 Å². The third-order valence-electron chi connectivity index (χ3n) is 4.94. The van der Waals surface area contributed by atoms with Crippen LogP contribution in [0.15, 0.2) is 0 Å². The Bertz CT molecular complexity index is 356. The van der Waals surface area contributed by atoms with Crippen LogP contribution in [-0.2, 0) is 9.59 Å². The van der Waals surface area contributed by atoms with Crippen molar-refractivity contribution in [2.75, 3.05) is 13.2 Å². The normalized spacial score (nSPS) is 24.7. The summed E-state index contributed by atoms with van der Waals surface area (Å²) in [6.45, 7) is 4.63. The molecule has 4 nitrogen and oxygen atoms in total. The monoisotopic (exact) mass is 253 g/mol. The van der Waals surface area contributed by atoms with E-state index in [1.54, 1.807) is 0 Å². The first-order chi connectivity index (χ1) is 8.52. The summed E-state index contributed by atoms with van der Waals surface area (Å²) >= 11 is 0. The van der Waals surface area contributed by atoms with Crippen LogP contribution in [0.4, 0.5) is 0 Å². The fraction of sp³-hybridized carbons (Fsp3) is 0.857. The number of hydrogen-bond acceptors (Lipinski definition) is 3. The van der Waals surface area contributed by atoms with Gasteiger partial charge in [0.15, 0.2) is 0 Å². The van der Waals surface area contributed by atoms with Gasteiger partial charge in [-0.15, -0.1) is 0 Å². The second-order valence-electron chi connectivity index (χ2n) is 5.92. The lowest BCUT2D eigenvalue weighted by Crippen LogP contribution is -2.39. The highest BCUT2D eigenvalue weighted by molar-refractivity contribution is 6.05. The quantitative estimate of drug-likeness (QED) is 0.733. The number of aliphatic hydroxyl groups is 1. The summed E-state index contributed by atoms with van der Waals surface area (Å²) in [5.74, 6) is -0.00497. The van der Waals surface area contributed by atoms with Gasteiger partial charge in [0, 0.05) is 19.6 Å². The van der Waals surface area contributed by atoms with E-state index in [0.29, 0.717) is 19.4 Å². The largest absolute Gasteiger partial charge is 0.396 e. The molecular weight excluding hydrogens is 230 g/mol. The highest BCUT2D eigenvalue weighted by Gasteiger charge is 2.53. The molecule has 1 saturated heterocycles. The average Bonchev–Trinajstić information content (AvgIpc) is 3.07. The molecule has 1 aliphatic carbocycles. The Labute approximate surface area is 108 Å². The van der Waals surface area contributed by atoms with Crippen molar-refractivity contribution in [3.8, 4) is 0 Å². The first kappa shape index (κ1) is 13.5. The van der Waals surface area contributed by atoms with E-state index in [0.717, 1.165) is 25.7 Å².